The lowest BCUT2D eigenvalue weighted by molar-refractivity contribution is -0.289. The van der Waals surface area contributed by atoms with E-state index in [9.17, 15) is 15.0 Å². The minimum Gasteiger partial charge on any atom is -0.390 e. The van der Waals surface area contributed by atoms with Gasteiger partial charge >= 0.3 is 0 Å². The van der Waals surface area contributed by atoms with Crippen LogP contribution < -0.4 is 0 Å². The number of carbonyl (C=O) groups is 1. The van der Waals surface area contributed by atoms with Crippen LogP contribution in [0.15, 0.2) is 0 Å². The number of aliphatic hydroxyl groups excluding tert-OH is 1. The van der Waals surface area contributed by atoms with E-state index in [4.69, 9.17) is 4.74 Å². The van der Waals surface area contributed by atoms with E-state index in [0.29, 0.717) is 18.8 Å². The van der Waals surface area contributed by atoms with E-state index in [1.807, 2.05) is 6.92 Å². The maximum Gasteiger partial charge on any atom is 0.136 e. The molecule has 136 valence electrons. The van der Waals surface area contributed by atoms with Crippen molar-refractivity contribution in [3.05, 3.63) is 0 Å². The minimum absolute atomic E-state index is 0.0367. The Balaban J connectivity index is 1.86. The van der Waals surface area contributed by atoms with E-state index < -0.39 is 17.1 Å². The van der Waals surface area contributed by atoms with Crippen molar-refractivity contribution >= 4 is 5.78 Å². The fourth-order valence-electron chi connectivity index (χ4n) is 7.11. The van der Waals surface area contributed by atoms with Crippen LogP contribution in [0.1, 0.15) is 45.4 Å². The van der Waals surface area contributed by atoms with Gasteiger partial charge in [0, 0.05) is 30.9 Å². The van der Waals surface area contributed by atoms with Gasteiger partial charge in [-0.25, -0.2) is 0 Å². The predicted octanol–water partition coefficient (Wildman–Crippen LogP) is 1.21. The van der Waals surface area contributed by atoms with Gasteiger partial charge in [0.05, 0.1) is 17.8 Å². The summed E-state index contributed by atoms with van der Waals surface area (Å²) in [5.41, 5.74) is -1.37. The molecule has 2 N–H and O–H groups in total. The average Bonchev–Trinajstić information content (AvgIpc) is 2.55. The number of likely N-dealkylation sites (tertiary alicyclic amines) is 1. The Bertz CT molecular complexity index is 539. The molecule has 24 heavy (non-hydrogen) atoms. The van der Waals surface area contributed by atoms with E-state index in [0.717, 1.165) is 32.2 Å². The van der Waals surface area contributed by atoms with Crippen LogP contribution >= 0.6 is 0 Å². The number of Topliss-reactive ketones (excluding diaryl/α,β-unsaturated/α-hetero) is 1. The molecule has 0 radical (unpaired) electrons. The molecule has 4 aliphatic rings. The molecule has 8 atom stereocenters. The van der Waals surface area contributed by atoms with Crippen LogP contribution in [-0.4, -0.2) is 65.4 Å². The monoisotopic (exact) mass is 337 g/mol. The molecule has 5 heteroatoms. The van der Waals surface area contributed by atoms with Crippen LogP contribution in [0.3, 0.4) is 0 Å². The lowest BCUT2D eigenvalue weighted by atomic mass is 9.39. The number of nitrogens with zero attached hydrogens (tertiary/aromatic N) is 1. The maximum atomic E-state index is 12.7. The highest BCUT2D eigenvalue weighted by Gasteiger charge is 2.72. The molecule has 3 saturated carbocycles. The van der Waals surface area contributed by atoms with Crippen molar-refractivity contribution in [2.45, 2.75) is 69.3 Å². The number of carbonyl (C=O) groups excluding carboxylic acids is 1. The molecule has 1 saturated heterocycles. The molecule has 2 bridgehead atoms. The van der Waals surface area contributed by atoms with Crippen molar-refractivity contribution in [2.75, 3.05) is 20.7 Å². The molecule has 4 fully saturated rings. The second-order valence-corrected chi connectivity index (χ2v) is 8.76. The second kappa shape index (κ2) is 5.50. The van der Waals surface area contributed by atoms with Gasteiger partial charge in [-0.1, -0.05) is 6.92 Å². The van der Waals surface area contributed by atoms with Gasteiger partial charge in [-0.3, -0.25) is 4.79 Å². The second-order valence-electron chi connectivity index (χ2n) is 8.76. The third-order valence-electron chi connectivity index (χ3n) is 8.28. The predicted molar refractivity (Wildman–Crippen MR) is 89.5 cm³/mol. The Morgan fingerprint density at radius 1 is 1.29 bits per heavy atom. The van der Waals surface area contributed by atoms with Gasteiger partial charge < -0.3 is 19.8 Å². The summed E-state index contributed by atoms with van der Waals surface area (Å²) in [6.07, 6.45) is 3.84. The smallest absolute Gasteiger partial charge is 0.136 e. The number of rotatable bonds is 1. The van der Waals surface area contributed by atoms with E-state index in [2.05, 4.69) is 11.9 Å². The summed E-state index contributed by atoms with van der Waals surface area (Å²) in [7, 11) is 3.76. The van der Waals surface area contributed by atoms with Crippen LogP contribution in [0.5, 0.6) is 0 Å². The minimum atomic E-state index is -0.870. The number of piperidine rings is 1. The van der Waals surface area contributed by atoms with Gasteiger partial charge in [-0.2, -0.15) is 0 Å². The van der Waals surface area contributed by atoms with Crippen LogP contribution in [0.4, 0.5) is 0 Å². The lowest BCUT2D eigenvalue weighted by Gasteiger charge is -2.70. The van der Waals surface area contributed by atoms with Crippen molar-refractivity contribution in [2.24, 2.45) is 23.2 Å². The van der Waals surface area contributed by atoms with E-state index >= 15 is 0 Å². The van der Waals surface area contributed by atoms with Crippen LogP contribution in [0.2, 0.25) is 0 Å². The zero-order valence-corrected chi connectivity index (χ0v) is 15.1. The molecule has 3 aliphatic carbocycles. The molecular formula is C19H31NO4. The normalized spacial score (nSPS) is 55.0. The lowest BCUT2D eigenvalue weighted by Crippen LogP contribution is -2.78. The van der Waals surface area contributed by atoms with Crippen molar-refractivity contribution in [1.29, 1.82) is 0 Å². The van der Waals surface area contributed by atoms with Gasteiger partial charge in [-0.05, 0) is 57.5 Å². The third-order valence-corrected chi connectivity index (χ3v) is 8.28. The molecule has 1 aliphatic heterocycles. The Hall–Kier alpha value is -0.490. The van der Waals surface area contributed by atoms with Gasteiger partial charge in [-0.15, -0.1) is 0 Å². The van der Waals surface area contributed by atoms with E-state index in [-0.39, 0.29) is 29.8 Å². The summed E-state index contributed by atoms with van der Waals surface area (Å²) < 4.78 is 5.56. The molecule has 4 rings (SSSR count). The summed E-state index contributed by atoms with van der Waals surface area (Å²) in [5, 5.41) is 23.0. The molecule has 0 aromatic heterocycles. The van der Waals surface area contributed by atoms with Crippen molar-refractivity contribution < 1.29 is 19.7 Å². The summed E-state index contributed by atoms with van der Waals surface area (Å²) in [4.78, 5) is 15.0. The number of ether oxygens (including phenoxy) is 1. The first kappa shape index (κ1) is 17.0. The van der Waals surface area contributed by atoms with Crippen LogP contribution in [0, 0.1) is 23.2 Å². The number of methoxy groups -OCH3 is 1. The summed E-state index contributed by atoms with van der Waals surface area (Å²) in [6.45, 7) is 2.89. The first-order chi connectivity index (χ1) is 11.4. The Labute approximate surface area is 144 Å². The number of hydrogen-bond donors (Lipinski definition) is 2. The Morgan fingerprint density at radius 2 is 2.04 bits per heavy atom. The Morgan fingerprint density at radius 3 is 2.75 bits per heavy atom. The van der Waals surface area contributed by atoms with E-state index in [1.165, 1.54) is 0 Å². The standard InChI is InChI=1S/C19H31NO4/c1-11-13(21)6-7-19(23)15-10-12-4-5-14(24-3)17(22)16(12)18(11,19)8-9-20(15)2/h11-12,14-17,22-23H,4-10H2,1-3H3/t11-,12?,14?,15?,16?,17?,18-,19-/m1/s1. The number of likely N-dealkylation sites (N-methyl/N-ethyl adjacent to an activating group) is 1. The topological polar surface area (TPSA) is 70.0 Å². The summed E-state index contributed by atoms with van der Waals surface area (Å²) in [6, 6.07) is 0.106. The van der Waals surface area contributed by atoms with Crippen LogP contribution in [0.25, 0.3) is 0 Å². The quantitative estimate of drug-likeness (QED) is 0.753. The zero-order valence-electron chi connectivity index (χ0n) is 15.1. The maximum absolute atomic E-state index is 12.7. The number of hydrogen-bond acceptors (Lipinski definition) is 5. The third kappa shape index (κ3) is 1.87. The van der Waals surface area contributed by atoms with Gasteiger partial charge in [0.1, 0.15) is 5.78 Å². The highest BCUT2D eigenvalue weighted by atomic mass is 16.5. The number of fused-ring (bicyclic) bond motifs is 1. The summed E-state index contributed by atoms with van der Waals surface area (Å²) >= 11 is 0. The molecule has 1 heterocycles. The summed E-state index contributed by atoms with van der Waals surface area (Å²) in [5.74, 6) is 0.402. The van der Waals surface area contributed by atoms with Crippen LogP contribution in [-0.2, 0) is 9.53 Å². The molecule has 5 unspecified atom stereocenters. The average molecular weight is 337 g/mol. The zero-order chi connectivity index (χ0) is 17.3. The number of ketones is 1. The fourth-order valence-corrected chi connectivity index (χ4v) is 7.11. The van der Waals surface area contributed by atoms with Crippen molar-refractivity contribution in [3.63, 3.8) is 0 Å². The fraction of sp³-hybridized carbons (Fsp3) is 0.947. The highest BCUT2D eigenvalue weighted by Crippen LogP contribution is 2.66. The molecule has 0 amide bonds. The molecule has 0 aromatic carbocycles. The molecule has 0 aromatic rings. The first-order valence-corrected chi connectivity index (χ1v) is 9.53. The van der Waals surface area contributed by atoms with Gasteiger partial charge in [0.15, 0.2) is 0 Å². The number of aliphatic hydroxyl groups is 2. The van der Waals surface area contributed by atoms with Gasteiger partial charge in [0.25, 0.3) is 0 Å². The van der Waals surface area contributed by atoms with Gasteiger partial charge in [0.2, 0.25) is 0 Å². The van der Waals surface area contributed by atoms with Crippen molar-refractivity contribution in [3.8, 4) is 0 Å². The molecular weight excluding hydrogens is 306 g/mol. The highest BCUT2D eigenvalue weighted by molar-refractivity contribution is 5.83. The molecule has 0 spiro atoms. The van der Waals surface area contributed by atoms with E-state index in [1.54, 1.807) is 7.11 Å². The Kier molecular flexibility index (Phi) is 3.89. The largest absolute Gasteiger partial charge is 0.390 e. The molecule has 5 nitrogen and oxygen atoms in total. The first-order valence-electron chi connectivity index (χ1n) is 9.53. The SMILES string of the molecule is COC1CCC2CC3N(C)CC[C@]4(C2C1O)[C@H](C)C(=O)CC[C@@]34O. The van der Waals surface area contributed by atoms with Crippen molar-refractivity contribution in [1.82, 2.24) is 4.90 Å².